The lowest BCUT2D eigenvalue weighted by molar-refractivity contribution is -0.115. The highest BCUT2D eigenvalue weighted by molar-refractivity contribution is 5.92. The van der Waals surface area contributed by atoms with Crippen molar-refractivity contribution in [2.45, 2.75) is 0 Å². The third-order valence-corrected chi connectivity index (χ3v) is 1.92. The number of carbonyl (C=O) groups is 2. The first kappa shape index (κ1) is 13.9. The van der Waals surface area contributed by atoms with Crippen molar-refractivity contribution in [2.75, 3.05) is 25.0 Å². The zero-order valence-electron chi connectivity index (χ0n) is 9.61. The van der Waals surface area contributed by atoms with Crippen LogP contribution in [-0.2, 0) is 9.53 Å². The molecule has 0 aromatic heterocycles. The SMILES string of the molecule is NC(=O)OCCNCC(=O)Nc1cccc(F)c1. The molecule has 0 saturated heterocycles. The summed E-state index contributed by atoms with van der Waals surface area (Å²) in [6.45, 7) is 0.417. The Balaban J connectivity index is 2.20. The number of hydrogen-bond acceptors (Lipinski definition) is 4. The standard InChI is InChI=1S/C11H14FN3O3/c12-8-2-1-3-9(6-8)15-10(16)7-14-4-5-18-11(13)17/h1-3,6,14H,4-5,7H2,(H2,13,17)(H,15,16). The molecule has 7 heteroatoms. The summed E-state index contributed by atoms with van der Waals surface area (Å²) in [6.07, 6.45) is -0.860. The molecule has 0 aliphatic carbocycles. The molecule has 0 saturated carbocycles. The lowest BCUT2D eigenvalue weighted by atomic mass is 10.3. The minimum absolute atomic E-state index is 0.0264. The van der Waals surface area contributed by atoms with E-state index in [2.05, 4.69) is 15.4 Å². The summed E-state index contributed by atoms with van der Waals surface area (Å²) in [4.78, 5) is 21.6. The zero-order chi connectivity index (χ0) is 13.4. The van der Waals surface area contributed by atoms with Gasteiger partial charge in [-0.1, -0.05) is 6.07 Å². The molecule has 0 fully saturated rings. The highest BCUT2D eigenvalue weighted by Crippen LogP contribution is 2.08. The van der Waals surface area contributed by atoms with Gasteiger partial charge in [0.15, 0.2) is 0 Å². The first-order valence-corrected chi connectivity index (χ1v) is 5.26. The summed E-state index contributed by atoms with van der Waals surface area (Å²) in [6, 6.07) is 5.58. The molecule has 6 nitrogen and oxygen atoms in total. The maximum atomic E-state index is 12.8. The maximum Gasteiger partial charge on any atom is 0.404 e. The Morgan fingerprint density at radius 3 is 2.83 bits per heavy atom. The summed E-state index contributed by atoms with van der Waals surface area (Å²) in [5.41, 5.74) is 5.13. The average molecular weight is 255 g/mol. The van der Waals surface area contributed by atoms with Gasteiger partial charge < -0.3 is 21.1 Å². The van der Waals surface area contributed by atoms with E-state index in [1.54, 1.807) is 6.07 Å². The molecule has 1 rings (SSSR count). The molecule has 0 radical (unpaired) electrons. The molecule has 1 aromatic rings. The second kappa shape index (κ2) is 7.23. The van der Waals surface area contributed by atoms with Crippen molar-refractivity contribution in [3.63, 3.8) is 0 Å². The van der Waals surface area contributed by atoms with Crippen molar-refractivity contribution in [2.24, 2.45) is 5.73 Å². The molecule has 0 heterocycles. The zero-order valence-corrected chi connectivity index (χ0v) is 9.61. The fraction of sp³-hybridized carbons (Fsp3) is 0.273. The van der Waals surface area contributed by atoms with E-state index in [0.29, 0.717) is 12.2 Å². The molecule has 98 valence electrons. The van der Waals surface area contributed by atoms with Gasteiger partial charge in [-0.25, -0.2) is 9.18 Å². The summed E-state index contributed by atoms with van der Waals surface area (Å²) < 4.78 is 17.3. The van der Waals surface area contributed by atoms with Crippen LogP contribution in [0.5, 0.6) is 0 Å². The van der Waals surface area contributed by atoms with Crippen LogP contribution in [0.2, 0.25) is 0 Å². The lowest BCUT2D eigenvalue weighted by Crippen LogP contribution is -2.31. The fourth-order valence-electron chi connectivity index (χ4n) is 1.20. The number of ether oxygens (including phenoxy) is 1. The molecular weight excluding hydrogens is 241 g/mol. The molecule has 0 spiro atoms. The molecule has 0 atom stereocenters. The summed E-state index contributed by atoms with van der Waals surface area (Å²) in [7, 11) is 0. The fourth-order valence-corrected chi connectivity index (χ4v) is 1.20. The number of carbonyl (C=O) groups excluding carboxylic acids is 2. The van der Waals surface area contributed by atoms with Gasteiger partial charge in [-0.05, 0) is 18.2 Å². The minimum Gasteiger partial charge on any atom is -0.448 e. The van der Waals surface area contributed by atoms with E-state index in [1.165, 1.54) is 18.2 Å². The van der Waals surface area contributed by atoms with Gasteiger partial charge in [0.05, 0.1) is 6.54 Å². The largest absolute Gasteiger partial charge is 0.448 e. The second-order valence-electron chi connectivity index (χ2n) is 3.40. The third-order valence-electron chi connectivity index (χ3n) is 1.92. The molecule has 18 heavy (non-hydrogen) atoms. The lowest BCUT2D eigenvalue weighted by Gasteiger charge is -2.06. The van der Waals surface area contributed by atoms with Crippen molar-refractivity contribution in [3.8, 4) is 0 Å². The van der Waals surface area contributed by atoms with Gasteiger partial charge >= 0.3 is 6.09 Å². The summed E-state index contributed by atoms with van der Waals surface area (Å²) in [5, 5.41) is 5.25. The Bertz CT molecular complexity index is 426. The van der Waals surface area contributed by atoms with Crippen molar-refractivity contribution in [1.29, 1.82) is 0 Å². The quantitative estimate of drug-likeness (QED) is 0.643. The first-order chi connectivity index (χ1) is 8.58. The van der Waals surface area contributed by atoms with Crippen molar-refractivity contribution >= 4 is 17.7 Å². The molecule has 0 bridgehead atoms. The number of rotatable bonds is 6. The van der Waals surface area contributed by atoms with Crippen LogP contribution in [-0.4, -0.2) is 31.7 Å². The van der Waals surface area contributed by atoms with Crippen LogP contribution in [0.1, 0.15) is 0 Å². The topological polar surface area (TPSA) is 93.5 Å². The van der Waals surface area contributed by atoms with Gasteiger partial charge in [0.1, 0.15) is 12.4 Å². The first-order valence-electron chi connectivity index (χ1n) is 5.26. The minimum atomic E-state index is -0.860. The van der Waals surface area contributed by atoms with E-state index in [9.17, 15) is 14.0 Å². The van der Waals surface area contributed by atoms with E-state index in [4.69, 9.17) is 5.73 Å². The van der Waals surface area contributed by atoms with Crippen molar-refractivity contribution < 1.29 is 18.7 Å². The van der Waals surface area contributed by atoms with Gasteiger partial charge in [0.25, 0.3) is 0 Å². The Kier molecular flexibility index (Phi) is 5.59. The predicted octanol–water partition coefficient (Wildman–Crippen LogP) is 0.449. The number of nitrogens with two attached hydrogens (primary N) is 1. The van der Waals surface area contributed by atoms with E-state index in [-0.39, 0.29) is 19.1 Å². The molecule has 0 unspecified atom stereocenters. The molecule has 4 N–H and O–H groups in total. The van der Waals surface area contributed by atoms with Crippen LogP contribution < -0.4 is 16.4 Å². The molecular formula is C11H14FN3O3. The van der Waals surface area contributed by atoms with Crippen LogP contribution in [0.4, 0.5) is 14.9 Å². The number of amides is 2. The smallest absolute Gasteiger partial charge is 0.404 e. The summed E-state index contributed by atoms with van der Waals surface area (Å²) in [5.74, 6) is -0.740. The highest BCUT2D eigenvalue weighted by Gasteiger charge is 2.02. The van der Waals surface area contributed by atoms with Gasteiger partial charge in [-0.2, -0.15) is 0 Å². The normalized spacial score (nSPS) is 9.83. The number of primary amides is 1. The van der Waals surface area contributed by atoms with Crippen LogP contribution in [0.15, 0.2) is 24.3 Å². The Morgan fingerprint density at radius 1 is 1.39 bits per heavy atom. The molecule has 2 amide bonds. The Labute approximate surface area is 103 Å². The van der Waals surface area contributed by atoms with Gasteiger partial charge in [0.2, 0.25) is 5.91 Å². The number of nitrogens with one attached hydrogen (secondary N) is 2. The molecule has 0 aliphatic heterocycles. The number of hydrogen-bond donors (Lipinski definition) is 3. The Morgan fingerprint density at radius 2 is 2.17 bits per heavy atom. The van der Waals surface area contributed by atoms with Crippen molar-refractivity contribution in [1.82, 2.24) is 5.32 Å². The maximum absolute atomic E-state index is 12.8. The van der Waals surface area contributed by atoms with E-state index in [1.807, 2.05) is 0 Å². The van der Waals surface area contributed by atoms with Gasteiger partial charge in [-0.3, -0.25) is 4.79 Å². The average Bonchev–Trinajstić information content (AvgIpc) is 2.28. The van der Waals surface area contributed by atoms with Crippen LogP contribution in [0.25, 0.3) is 0 Å². The molecule has 0 aliphatic rings. The van der Waals surface area contributed by atoms with E-state index >= 15 is 0 Å². The van der Waals surface area contributed by atoms with E-state index in [0.717, 1.165) is 0 Å². The van der Waals surface area contributed by atoms with Gasteiger partial charge in [-0.15, -0.1) is 0 Å². The highest BCUT2D eigenvalue weighted by atomic mass is 19.1. The number of anilines is 1. The Hall–Kier alpha value is -2.15. The van der Waals surface area contributed by atoms with Crippen LogP contribution in [0.3, 0.4) is 0 Å². The van der Waals surface area contributed by atoms with E-state index < -0.39 is 11.9 Å². The van der Waals surface area contributed by atoms with Crippen LogP contribution >= 0.6 is 0 Å². The number of benzene rings is 1. The van der Waals surface area contributed by atoms with Crippen molar-refractivity contribution in [3.05, 3.63) is 30.1 Å². The second-order valence-corrected chi connectivity index (χ2v) is 3.40. The number of halogens is 1. The predicted molar refractivity (Wildman–Crippen MR) is 63.4 cm³/mol. The monoisotopic (exact) mass is 255 g/mol. The third kappa shape index (κ3) is 5.80. The molecule has 1 aromatic carbocycles. The summed E-state index contributed by atoms with van der Waals surface area (Å²) >= 11 is 0. The van der Waals surface area contributed by atoms with Crippen LogP contribution in [0, 0.1) is 5.82 Å². The van der Waals surface area contributed by atoms with Gasteiger partial charge in [0, 0.05) is 12.2 Å².